The highest BCUT2D eigenvalue weighted by Crippen LogP contribution is 2.28. The molecular weight excluding hydrogens is 340 g/mol. The Bertz CT molecular complexity index is 731. The zero-order chi connectivity index (χ0) is 19.2. The second-order valence-electron chi connectivity index (χ2n) is 7.41. The van der Waals surface area contributed by atoms with Gasteiger partial charge in [0.2, 0.25) is 0 Å². The molecule has 0 saturated carbocycles. The van der Waals surface area contributed by atoms with E-state index in [2.05, 4.69) is 45.6 Å². The average molecular weight is 373 g/mol. The molecule has 1 aromatic carbocycles. The fourth-order valence-electron chi connectivity index (χ4n) is 3.81. The van der Waals surface area contributed by atoms with Crippen molar-refractivity contribution in [1.82, 2.24) is 19.4 Å². The Hall–Kier alpha value is -2.05. The van der Waals surface area contributed by atoms with Gasteiger partial charge in [0.1, 0.15) is 5.82 Å². The van der Waals surface area contributed by atoms with Gasteiger partial charge < -0.3 is 18.9 Å². The number of benzene rings is 1. The summed E-state index contributed by atoms with van der Waals surface area (Å²) >= 11 is 0. The van der Waals surface area contributed by atoms with Crippen molar-refractivity contribution in [3.8, 4) is 11.5 Å². The van der Waals surface area contributed by atoms with Gasteiger partial charge in [0.25, 0.3) is 0 Å². The smallest absolute Gasteiger partial charge is 0.160 e. The molecule has 1 saturated heterocycles. The molecule has 2 aromatic rings. The van der Waals surface area contributed by atoms with Crippen LogP contribution < -0.4 is 9.47 Å². The number of aromatic nitrogens is 2. The molecule has 6 nitrogen and oxygen atoms in total. The number of nitrogens with zero attached hydrogens (tertiary/aromatic N) is 4. The molecule has 0 spiro atoms. The molecule has 1 unspecified atom stereocenters. The van der Waals surface area contributed by atoms with Crippen LogP contribution in [0.25, 0.3) is 0 Å². The molecule has 2 heterocycles. The van der Waals surface area contributed by atoms with Crippen LogP contribution in [0.2, 0.25) is 0 Å². The third kappa shape index (κ3) is 5.02. The van der Waals surface area contributed by atoms with E-state index in [-0.39, 0.29) is 0 Å². The lowest BCUT2D eigenvalue weighted by atomic mass is 10.0. The van der Waals surface area contributed by atoms with Crippen molar-refractivity contribution in [2.45, 2.75) is 31.8 Å². The van der Waals surface area contributed by atoms with Gasteiger partial charge in [0.15, 0.2) is 11.5 Å². The Morgan fingerprint density at radius 1 is 1.22 bits per heavy atom. The van der Waals surface area contributed by atoms with Crippen LogP contribution in [-0.2, 0) is 20.0 Å². The van der Waals surface area contributed by atoms with Crippen LogP contribution in [0.1, 0.15) is 24.2 Å². The molecule has 27 heavy (non-hydrogen) atoms. The number of methoxy groups -OCH3 is 2. The minimum Gasteiger partial charge on any atom is -0.493 e. The zero-order valence-corrected chi connectivity index (χ0v) is 17.0. The van der Waals surface area contributed by atoms with Crippen LogP contribution in [0.5, 0.6) is 11.5 Å². The number of ether oxygens (including phenoxy) is 2. The molecule has 1 atom stereocenters. The lowest BCUT2D eigenvalue weighted by Gasteiger charge is -2.37. The third-order valence-electron chi connectivity index (χ3n) is 5.59. The van der Waals surface area contributed by atoms with Crippen LogP contribution in [0.4, 0.5) is 0 Å². The first-order valence-electron chi connectivity index (χ1n) is 9.70. The van der Waals surface area contributed by atoms with Gasteiger partial charge in [-0.1, -0.05) is 6.07 Å². The highest BCUT2D eigenvalue weighted by Gasteiger charge is 2.23. The summed E-state index contributed by atoms with van der Waals surface area (Å²) in [5.74, 6) is 2.73. The minimum atomic E-state index is 0.596. The van der Waals surface area contributed by atoms with Crippen molar-refractivity contribution in [3.05, 3.63) is 42.0 Å². The van der Waals surface area contributed by atoms with Gasteiger partial charge in [-0.25, -0.2) is 4.98 Å². The molecular formula is C21H32N4O2. The number of likely N-dealkylation sites (tertiary alicyclic amines) is 1. The summed E-state index contributed by atoms with van der Waals surface area (Å²) in [4.78, 5) is 9.50. The number of hydrogen-bond donors (Lipinski definition) is 0. The number of hydrogen-bond acceptors (Lipinski definition) is 5. The van der Waals surface area contributed by atoms with E-state index in [4.69, 9.17) is 9.47 Å². The van der Waals surface area contributed by atoms with E-state index < -0.39 is 0 Å². The van der Waals surface area contributed by atoms with Gasteiger partial charge in [0, 0.05) is 38.6 Å². The van der Waals surface area contributed by atoms with Gasteiger partial charge in [-0.2, -0.15) is 0 Å². The molecule has 1 aliphatic rings. The van der Waals surface area contributed by atoms with Crippen molar-refractivity contribution < 1.29 is 9.47 Å². The highest BCUT2D eigenvalue weighted by molar-refractivity contribution is 5.42. The van der Waals surface area contributed by atoms with Crippen LogP contribution >= 0.6 is 0 Å². The minimum absolute atomic E-state index is 0.596. The number of imidazole rings is 1. The maximum atomic E-state index is 5.42. The fraction of sp³-hybridized carbons (Fsp3) is 0.571. The first-order chi connectivity index (χ1) is 13.1. The second-order valence-corrected chi connectivity index (χ2v) is 7.41. The average Bonchev–Trinajstić information content (AvgIpc) is 3.10. The van der Waals surface area contributed by atoms with Crippen molar-refractivity contribution in [2.75, 3.05) is 40.9 Å². The van der Waals surface area contributed by atoms with E-state index in [1.165, 1.54) is 18.4 Å². The van der Waals surface area contributed by atoms with Crippen molar-refractivity contribution >= 4 is 0 Å². The number of piperidine rings is 1. The Kier molecular flexibility index (Phi) is 6.74. The number of likely N-dealkylation sites (N-methyl/N-ethyl adjacent to an activating group) is 1. The first kappa shape index (κ1) is 19.7. The quantitative estimate of drug-likeness (QED) is 0.713. The lowest BCUT2D eigenvalue weighted by molar-refractivity contribution is 0.110. The molecule has 0 N–H and O–H groups in total. The summed E-state index contributed by atoms with van der Waals surface area (Å²) in [5.41, 5.74) is 1.28. The summed E-state index contributed by atoms with van der Waals surface area (Å²) in [6.45, 7) is 4.24. The summed E-state index contributed by atoms with van der Waals surface area (Å²) in [6.07, 6.45) is 7.42. The lowest BCUT2D eigenvalue weighted by Crippen LogP contribution is -2.46. The second kappa shape index (κ2) is 9.24. The van der Waals surface area contributed by atoms with Crippen LogP contribution in [0, 0.1) is 0 Å². The predicted molar refractivity (Wildman–Crippen MR) is 107 cm³/mol. The first-order valence-corrected chi connectivity index (χ1v) is 9.70. The molecule has 148 valence electrons. The zero-order valence-electron chi connectivity index (χ0n) is 17.0. The maximum Gasteiger partial charge on any atom is 0.160 e. The molecule has 0 aliphatic carbocycles. The number of rotatable bonds is 8. The maximum absolute atomic E-state index is 5.42. The number of aryl methyl sites for hydroxylation is 1. The Morgan fingerprint density at radius 3 is 2.74 bits per heavy atom. The van der Waals surface area contributed by atoms with Gasteiger partial charge in [-0.05, 0) is 50.6 Å². The molecule has 1 aromatic heterocycles. The van der Waals surface area contributed by atoms with Gasteiger partial charge in [0.05, 0.1) is 20.8 Å². The Morgan fingerprint density at radius 2 is 2.04 bits per heavy atom. The van der Waals surface area contributed by atoms with Gasteiger partial charge in [-0.3, -0.25) is 4.90 Å². The van der Waals surface area contributed by atoms with E-state index in [9.17, 15) is 0 Å². The van der Waals surface area contributed by atoms with E-state index in [1.54, 1.807) is 14.2 Å². The Labute approximate surface area is 162 Å². The molecule has 1 aliphatic heterocycles. The van der Waals surface area contributed by atoms with Crippen molar-refractivity contribution in [3.63, 3.8) is 0 Å². The summed E-state index contributed by atoms with van der Waals surface area (Å²) in [6, 6.07) is 6.80. The molecule has 0 amide bonds. The third-order valence-corrected chi connectivity index (χ3v) is 5.59. The highest BCUT2D eigenvalue weighted by atomic mass is 16.5. The van der Waals surface area contributed by atoms with E-state index >= 15 is 0 Å². The normalized spacial score (nSPS) is 18.0. The van der Waals surface area contributed by atoms with E-state index in [0.29, 0.717) is 6.04 Å². The van der Waals surface area contributed by atoms with Crippen LogP contribution in [-0.4, -0.2) is 66.3 Å². The SMILES string of the molecule is COc1ccc(CCN(C)C2CCCN(Cc3nccn3C)C2)cc1OC. The summed E-state index contributed by atoms with van der Waals surface area (Å²) < 4.78 is 12.9. The predicted octanol–water partition coefficient (Wildman–Crippen LogP) is 2.58. The van der Waals surface area contributed by atoms with E-state index in [1.807, 2.05) is 18.5 Å². The fourth-order valence-corrected chi connectivity index (χ4v) is 3.81. The monoisotopic (exact) mass is 372 g/mol. The van der Waals surface area contributed by atoms with Gasteiger partial charge in [-0.15, -0.1) is 0 Å². The van der Waals surface area contributed by atoms with Crippen LogP contribution in [0.3, 0.4) is 0 Å². The van der Waals surface area contributed by atoms with E-state index in [0.717, 1.165) is 49.9 Å². The van der Waals surface area contributed by atoms with Crippen molar-refractivity contribution in [2.24, 2.45) is 7.05 Å². The standard InChI is InChI=1S/C21H32N4O2/c1-23(12-9-17-7-8-19(26-3)20(14-17)27-4)18-6-5-11-25(15-18)16-21-22-10-13-24(21)2/h7-8,10,13-14,18H,5-6,9,11-12,15-16H2,1-4H3. The summed E-state index contributed by atoms with van der Waals surface area (Å²) in [5, 5.41) is 0. The molecule has 3 rings (SSSR count). The van der Waals surface area contributed by atoms with Crippen LogP contribution in [0.15, 0.2) is 30.6 Å². The van der Waals surface area contributed by atoms with Gasteiger partial charge >= 0.3 is 0 Å². The topological polar surface area (TPSA) is 42.8 Å². The largest absolute Gasteiger partial charge is 0.493 e. The molecule has 1 fully saturated rings. The Balaban J connectivity index is 1.53. The molecule has 0 radical (unpaired) electrons. The van der Waals surface area contributed by atoms with Crippen molar-refractivity contribution in [1.29, 1.82) is 0 Å². The molecule has 6 heteroatoms. The summed E-state index contributed by atoms with van der Waals surface area (Å²) in [7, 11) is 7.67. The molecule has 0 bridgehead atoms.